The van der Waals surface area contributed by atoms with Gasteiger partial charge in [0.25, 0.3) is 0 Å². The van der Waals surface area contributed by atoms with Gasteiger partial charge in [0.2, 0.25) is 0 Å². The molecule has 10 rings (SSSR count). The maximum atomic E-state index is 12.4. The molecule has 8 heteroatoms. The molecule has 65 heavy (non-hydrogen) atoms. The quantitative estimate of drug-likeness (QED) is 0.0947. The maximum Gasteiger partial charge on any atom is 0.147 e. The molecule has 0 saturated carbocycles. The number of phenolic OH excluding ortho intramolecular Hbond substituents is 2. The molecule has 0 bridgehead atoms. The Labute approximate surface area is 382 Å². The van der Waals surface area contributed by atoms with Crippen molar-refractivity contribution in [3.05, 3.63) is 170 Å². The number of aromatic nitrogens is 2. The number of phenols is 2. The van der Waals surface area contributed by atoms with Gasteiger partial charge in [-0.05, 0) is 48.5 Å². The minimum Gasteiger partial charge on any atom is -0.505 e. The van der Waals surface area contributed by atoms with E-state index in [4.69, 9.17) is 9.47 Å². The van der Waals surface area contributed by atoms with Crippen LogP contribution in [0.2, 0.25) is 39.3 Å². The summed E-state index contributed by atoms with van der Waals surface area (Å²) in [6.45, 7) is 14.9. The van der Waals surface area contributed by atoms with Gasteiger partial charge >= 0.3 is 0 Å². The first-order valence-corrected chi connectivity index (χ1v) is 29.5. The van der Waals surface area contributed by atoms with Crippen molar-refractivity contribution in [1.82, 2.24) is 9.13 Å². The lowest BCUT2D eigenvalue weighted by atomic mass is 10.0. The lowest BCUT2D eigenvalue weighted by Crippen LogP contribution is -2.38. The van der Waals surface area contributed by atoms with Crippen molar-refractivity contribution in [3.63, 3.8) is 0 Å². The standard InChI is InChI=1S/C57H54N2O4Si2/c1-64(2,3)38-34-46(56(60)52(36-38)58-48-26-13-7-20-40(48)41-21-8-14-27-49(41)58)44-24-11-17-30-54(44)62-32-19-33-63-55-31-18-12-25-45(55)47-35-39(65(4,5)6)37-53(57(47)61)59-50-28-15-9-22-42(50)43-23-10-16-29-51(43)59/h7-18,20-31,34-37,60-61H,19,32-33H2,1-6H3. The van der Waals surface area contributed by atoms with Crippen molar-refractivity contribution in [2.45, 2.75) is 45.7 Å². The SMILES string of the molecule is C[Si](C)(C)c1cc(-c2ccccc2OCCCOc2ccccc2-c2cc([Si](C)(C)C)cc(-n3c4ccccc4c4ccccc43)c2O)c(O)c(-n2c3ccccc3c3ccccc32)c1. The first kappa shape index (κ1) is 42.0. The van der Waals surface area contributed by atoms with E-state index in [1.54, 1.807) is 0 Å². The molecule has 2 N–H and O–H groups in total. The van der Waals surface area contributed by atoms with Gasteiger partial charge < -0.3 is 28.8 Å². The predicted molar refractivity (Wildman–Crippen MR) is 277 cm³/mol. The Hall–Kier alpha value is -7.01. The number of hydrogen-bond donors (Lipinski definition) is 2. The summed E-state index contributed by atoms with van der Waals surface area (Å²) >= 11 is 0. The smallest absolute Gasteiger partial charge is 0.147 e. The summed E-state index contributed by atoms with van der Waals surface area (Å²) in [6.07, 6.45) is 0.615. The van der Waals surface area contributed by atoms with E-state index in [0.29, 0.717) is 31.1 Å². The number of para-hydroxylation sites is 6. The highest BCUT2D eigenvalue weighted by Gasteiger charge is 2.27. The highest BCUT2D eigenvalue weighted by Crippen LogP contribution is 2.44. The summed E-state index contributed by atoms with van der Waals surface area (Å²) in [6, 6.07) is 58.4. The topological polar surface area (TPSA) is 68.8 Å². The van der Waals surface area contributed by atoms with Crippen molar-refractivity contribution in [1.29, 1.82) is 0 Å². The number of ether oxygens (including phenoxy) is 2. The average molecular weight is 887 g/mol. The van der Waals surface area contributed by atoms with Crippen LogP contribution in [0.25, 0.3) is 77.2 Å². The third-order valence-corrected chi connectivity index (χ3v) is 16.8. The van der Waals surface area contributed by atoms with Crippen molar-refractivity contribution >= 4 is 70.1 Å². The fourth-order valence-electron chi connectivity index (χ4n) is 9.27. The van der Waals surface area contributed by atoms with Gasteiger partial charge in [0, 0.05) is 50.2 Å². The highest BCUT2D eigenvalue weighted by atomic mass is 28.3. The zero-order chi connectivity index (χ0) is 45.0. The van der Waals surface area contributed by atoms with Gasteiger partial charge in [0.15, 0.2) is 0 Å². The van der Waals surface area contributed by atoms with E-state index in [9.17, 15) is 10.2 Å². The van der Waals surface area contributed by atoms with Crippen molar-refractivity contribution in [3.8, 4) is 56.6 Å². The highest BCUT2D eigenvalue weighted by molar-refractivity contribution is 6.89. The van der Waals surface area contributed by atoms with Gasteiger partial charge in [-0.15, -0.1) is 0 Å². The summed E-state index contributed by atoms with van der Waals surface area (Å²) < 4.78 is 17.6. The van der Waals surface area contributed by atoms with Gasteiger partial charge in [-0.2, -0.15) is 0 Å². The molecular weight excluding hydrogens is 833 g/mol. The lowest BCUT2D eigenvalue weighted by molar-refractivity contribution is 0.248. The van der Waals surface area contributed by atoms with Gasteiger partial charge in [-0.1, -0.05) is 171 Å². The minimum atomic E-state index is -1.87. The van der Waals surface area contributed by atoms with Crippen LogP contribution in [-0.2, 0) is 0 Å². The summed E-state index contributed by atoms with van der Waals surface area (Å²) in [5.74, 6) is 1.85. The molecule has 0 aliphatic heterocycles. The zero-order valence-electron chi connectivity index (χ0n) is 37.9. The fraction of sp³-hybridized carbons (Fsp3) is 0.158. The van der Waals surface area contributed by atoms with Crippen LogP contribution < -0.4 is 19.8 Å². The van der Waals surface area contributed by atoms with Crippen LogP contribution in [0, 0.1) is 0 Å². The van der Waals surface area contributed by atoms with Gasteiger partial charge in [-0.25, -0.2) is 0 Å². The molecule has 0 unspecified atom stereocenters. The molecule has 0 atom stereocenters. The van der Waals surface area contributed by atoms with Crippen LogP contribution in [0.5, 0.6) is 23.0 Å². The fourth-order valence-corrected chi connectivity index (χ4v) is 11.6. The van der Waals surface area contributed by atoms with E-state index >= 15 is 0 Å². The van der Waals surface area contributed by atoms with Gasteiger partial charge in [0.05, 0.1) is 62.8 Å². The molecule has 2 aromatic heterocycles. The van der Waals surface area contributed by atoms with Crippen LogP contribution >= 0.6 is 0 Å². The number of fused-ring (bicyclic) bond motifs is 6. The van der Waals surface area contributed by atoms with E-state index in [1.165, 1.54) is 10.4 Å². The summed E-state index contributed by atoms with van der Waals surface area (Å²) in [5, 5.41) is 31.8. The molecular formula is C57H54N2O4Si2. The molecule has 6 nitrogen and oxygen atoms in total. The normalized spacial score (nSPS) is 12.2. The average Bonchev–Trinajstić information content (AvgIpc) is 3.82. The van der Waals surface area contributed by atoms with Gasteiger partial charge in [0.1, 0.15) is 23.0 Å². The predicted octanol–water partition coefficient (Wildman–Crippen LogP) is 13.6. The summed E-state index contributed by atoms with van der Waals surface area (Å²) in [5.41, 5.74) is 8.93. The third kappa shape index (κ3) is 7.56. The van der Waals surface area contributed by atoms with Crippen LogP contribution in [0.4, 0.5) is 0 Å². The molecule has 0 saturated heterocycles. The molecule has 0 spiro atoms. The Morgan fingerprint density at radius 1 is 0.385 bits per heavy atom. The number of hydrogen-bond acceptors (Lipinski definition) is 4. The molecule has 324 valence electrons. The Bertz CT molecular complexity index is 3090. The van der Waals surface area contributed by atoms with Crippen LogP contribution in [-0.4, -0.2) is 48.7 Å². The molecule has 0 fully saturated rings. The second-order valence-corrected chi connectivity index (χ2v) is 29.2. The van der Waals surface area contributed by atoms with Crippen molar-refractivity contribution in [2.75, 3.05) is 13.2 Å². The van der Waals surface area contributed by atoms with Gasteiger partial charge in [-0.3, -0.25) is 0 Å². The Balaban J connectivity index is 0.945. The van der Waals surface area contributed by atoms with E-state index in [0.717, 1.165) is 77.2 Å². The minimum absolute atomic E-state index is 0.220. The van der Waals surface area contributed by atoms with E-state index in [-0.39, 0.29) is 11.5 Å². The number of nitrogens with zero attached hydrogens (tertiary/aromatic N) is 2. The van der Waals surface area contributed by atoms with Crippen molar-refractivity contribution < 1.29 is 19.7 Å². The van der Waals surface area contributed by atoms with E-state index in [2.05, 4.69) is 170 Å². The lowest BCUT2D eigenvalue weighted by Gasteiger charge is -2.23. The third-order valence-electron chi connectivity index (χ3n) is 12.7. The Morgan fingerprint density at radius 2 is 0.692 bits per heavy atom. The molecule has 10 aromatic rings. The second kappa shape index (κ2) is 16.5. The van der Waals surface area contributed by atoms with Crippen molar-refractivity contribution in [2.24, 2.45) is 0 Å². The van der Waals surface area contributed by atoms with Crippen LogP contribution in [0.15, 0.2) is 170 Å². The molecule has 0 aliphatic rings. The first-order chi connectivity index (χ1) is 31.4. The monoisotopic (exact) mass is 886 g/mol. The molecule has 0 radical (unpaired) electrons. The Kier molecular flexibility index (Phi) is 10.7. The molecule has 0 amide bonds. The number of rotatable bonds is 12. The zero-order valence-corrected chi connectivity index (χ0v) is 39.9. The first-order valence-electron chi connectivity index (χ1n) is 22.5. The molecule has 2 heterocycles. The summed E-state index contributed by atoms with van der Waals surface area (Å²) in [4.78, 5) is 0. The number of aromatic hydroxyl groups is 2. The largest absolute Gasteiger partial charge is 0.505 e. The summed E-state index contributed by atoms with van der Waals surface area (Å²) in [7, 11) is -3.73. The number of benzene rings is 8. The van der Waals surface area contributed by atoms with E-state index in [1.807, 2.05) is 48.5 Å². The Morgan fingerprint density at radius 3 is 1.03 bits per heavy atom. The molecule has 0 aliphatic carbocycles. The molecule has 8 aromatic carbocycles. The maximum absolute atomic E-state index is 12.4. The second-order valence-electron chi connectivity index (χ2n) is 19.1. The van der Waals surface area contributed by atoms with Crippen LogP contribution in [0.1, 0.15) is 6.42 Å². The van der Waals surface area contributed by atoms with E-state index < -0.39 is 16.1 Å². The van der Waals surface area contributed by atoms with Crippen LogP contribution in [0.3, 0.4) is 0 Å².